The van der Waals surface area contributed by atoms with Gasteiger partial charge in [0, 0.05) is 6.04 Å². The summed E-state index contributed by atoms with van der Waals surface area (Å²) in [5.41, 5.74) is 0. The van der Waals surface area contributed by atoms with Crippen LogP contribution in [0.1, 0.15) is 6.92 Å². The van der Waals surface area contributed by atoms with Gasteiger partial charge in [0.15, 0.2) is 0 Å². The molecule has 0 unspecified atom stereocenters. The molecule has 0 heterocycles. The van der Waals surface area contributed by atoms with E-state index >= 15 is 0 Å². The van der Waals surface area contributed by atoms with Crippen LogP contribution in [-0.2, 0) is 10.6 Å². The number of rotatable bonds is 4. The van der Waals surface area contributed by atoms with Crippen LogP contribution < -0.4 is 0 Å². The normalized spacial score (nSPS) is 12.0. The Balaban J connectivity index is 3.82. The van der Waals surface area contributed by atoms with Crippen molar-refractivity contribution in [1.29, 1.82) is 0 Å². The van der Waals surface area contributed by atoms with Gasteiger partial charge in [-0.25, -0.2) is 0 Å². The third-order valence-electron chi connectivity index (χ3n) is 0.786. The summed E-state index contributed by atoms with van der Waals surface area (Å²) in [6.45, 7) is 1.90. The van der Waals surface area contributed by atoms with Crippen molar-refractivity contribution in [2.45, 2.75) is 13.0 Å². The van der Waals surface area contributed by atoms with Crippen molar-refractivity contribution in [2.75, 3.05) is 0 Å². The maximum absolute atomic E-state index is 4.80. The number of halogens is 3. The van der Waals surface area contributed by atoms with Crippen molar-refractivity contribution in [1.82, 2.24) is 0 Å². The average Bonchev–Trinajstić information content (AvgIpc) is 1.95. The molecular formula is C2H5Br3O3Si. The minimum absolute atomic E-state index is 0.675. The van der Waals surface area contributed by atoms with Gasteiger partial charge in [0.2, 0.25) is 0 Å². The molecule has 7 heteroatoms. The summed E-state index contributed by atoms with van der Waals surface area (Å²) in [6, 6.07) is 0.675. The van der Waals surface area contributed by atoms with Crippen LogP contribution in [0.3, 0.4) is 0 Å². The van der Waals surface area contributed by atoms with E-state index in [0.717, 1.165) is 0 Å². The Hall–Kier alpha value is 1.54. The second-order valence-corrected chi connectivity index (χ2v) is 6.72. The van der Waals surface area contributed by atoms with Gasteiger partial charge >= 0.3 is 8.80 Å². The second kappa shape index (κ2) is 5.22. The average molecular weight is 345 g/mol. The molecule has 0 aromatic carbocycles. The molecule has 56 valence electrons. The van der Waals surface area contributed by atoms with E-state index in [1.165, 1.54) is 0 Å². The second-order valence-electron chi connectivity index (χ2n) is 1.27. The van der Waals surface area contributed by atoms with Gasteiger partial charge in [-0.3, -0.25) is 10.6 Å². The molecule has 9 heavy (non-hydrogen) atoms. The summed E-state index contributed by atoms with van der Waals surface area (Å²) in [4.78, 5) is 0. The quantitative estimate of drug-likeness (QED) is 0.734. The lowest BCUT2D eigenvalue weighted by Gasteiger charge is -2.16. The van der Waals surface area contributed by atoms with E-state index in [9.17, 15) is 0 Å². The summed E-state index contributed by atoms with van der Waals surface area (Å²) in [7, 11) is -2.44. The van der Waals surface area contributed by atoms with E-state index in [0.29, 0.717) is 6.04 Å². The molecule has 0 amide bonds. The van der Waals surface area contributed by atoms with Crippen LogP contribution in [0.2, 0.25) is 6.04 Å². The largest absolute Gasteiger partial charge is 0.533 e. The van der Waals surface area contributed by atoms with Crippen LogP contribution in [0.25, 0.3) is 0 Å². The maximum Gasteiger partial charge on any atom is 0.533 e. The molecule has 0 aliphatic heterocycles. The maximum atomic E-state index is 4.80. The van der Waals surface area contributed by atoms with Crippen molar-refractivity contribution in [3.63, 3.8) is 0 Å². The fourth-order valence-electron chi connectivity index (χ4n) is 0.199. The minimum Gasteiger partial charge on any atom is -0.297 e. The van der Waals surface area contributed by atoms with Crippen molar-refractivity contribution in [3.05, 3.63) is 0 Å². The highest BCUT2D eigenvalue weighted by atomic mass is 79.9. The smallest absolute Gasteiger partial charge is 0.297 e. The van der Waals surface area contributed by atoms with Gasteiger partial charge in [-0.15, -0.1) is 0 Å². The predicted octanol–water partition coefficient (Wildman–Crippen LogP) is 2.92. The summed E-state index contributed by atoms with van der Waals surface area (Å²) in [5.74, 6) is 0. The molecule has 0 aliphatic rings. The third-order valence-corrected chi connectivity index (χ3v) is 6.80. The Kier molecular flexibility index (Phi) is 6.11. The van der Waals surface area contributed by atoms with E-state index < -0.39 is 8.80 Å². The summed E-state index contributed by atoms with van der Waals surface area (Å²) < 4.78 is 14.4. The predicted molar refractivity (Wildman–Crippen MR) is 46.3 cm³/mol. The van der Waals surface area contributed by atoms with Gasteiger partial charge < -0.3 is 0 Å². The molecule has 0 aliphatic carbocycles. The van der Waals surface area contributed by atoms with E-state index in [1.54, 1.807) is 0 Å². The molecule has 0 fully saturated rings. The van der Waals surface area contributed by atoms with Crippen LogP contribution >= 0.6 is 48.8 Å². The number of hydrogen-bond donors (Lipinski definition) is 0. The molecule has 0 saturated carbocycles. The van der Waals surface area contributed by atoms with E-state index in [2.05, 4.69) is 48.8 Å². The highest BCUT2D eigenvalue weighted by Gasteiger charge is 2.39. The topological polar surface area (TPSA) is 27.7 Å². The van der Waals surface area contributed by atoms with Crippen molar-refractivity contribution >= 4 is 57.6 Å². The highest BCUT2D eigenvalue weighted by molar-refractivity contribution is 9.07. The first-order chi connectivity index (χ1) is 4.24. The van der Waals surface area contributed by atoms with Gasteiger partial charge in [0.25, 0.3) is 0 Å². The first-order valence-corrected chi connectivity index (χ1v) is 6.01. The fraction of sp³-hybridized carbons (Fsp3) is 1.00. The molecule has 0 rings (SSSR count). The van der Waals surface area contributed by atoms with Gasteiger partial charge in [0.05, 0.1) is 48.8 Å². The van der Waals surface area contributed by atoms with Crippen LogP contribution in [0.5, 0.6) is 0 Å². The zero-order valence-electron chi connectivity index (χ0n) is 4.57. The number of hydrogen-bond acceptors (Lipinski definition) is 3. The van der Waals surface area contributed by atoms with Crippen LogP contribution in [0, 0.1) is 0 Å². The van der Waals surface area contributed by atoms with Crippen LogP contribution in [-0.4, -0.2) is 8.80 Å². The Bertz CT molecular complexity index is 59.9. The molecule has 0 radical (unpaired) electrons. The van der Waals surface area contributed by atoms with Crippen molar-refractivity contribution in [2.24, 2.45) is 0 Å². The monoisotopic (exact) mass is 342 g/mol. The van der Waals surface area contributed by atoms with Gasteiger partial charge in [-0.2, -0.15) is 0 Å². The molecule has 0 bridgehead atoms. The summed E-state index contributed by atoms with van der Waals surface area (Å²) in [6.07, 6.45) is 0. The van der Waals surface area contributed by atoms with Crippen molar-refractivity contribution in [3.8, 4) is 0 Å². The first kappa shape index (κ1) is 10.5. The zero-order valence-corrected chi connectivity index (χ0v) is 10.3. The molecule has 0 atom stereocenters. The Morgan fingerprint density at radius 1 is 1.11 bits per heavy atom. The standard InChI is InChI=1S/C2H5Br3O3Si/c1-2-9(6-3,7-4)8-5/h2H2,1H3. The summed E-state index contributed by atoms with van der Waals surface area (Å²) >= 11 is 8.42. The Morgan fingerprint density at radius 2 is 1.44 bits per heavy atom. The van der Waals surface area contributed by atoms with E-state index in [1.807, 2.05) is 6.92 Å². The SMILES string of the molecule is CC[Si](OBr)(OBr)OBr. The molecule has 0 aromatic rings. The summed E-state index contributed by atoms with van der Waals surface area (Å²) in [5, 5.41) is 0. The van der Waals surface area contributed by atoms with Gasteiger partial charge in [0.1, 0.15) is 0 Å². The first-order valence-electron chi connectivity index (χ1n) is 2.14. The Morgan fingerprint density at radius 3 is 1.44 bits per heavy atom. The van der Waals surface area contributed by atoms with Gasteiger partial charge in [-0.05, 0) is 0 Å². The zero-order chi connectivity index (χ0) is 7.33. The highest BCUT2D eigenvalue weighted by Crippen LogP contribution is 2.22. The van der Waals surface area contributed by atoms with Crippen LogP contribution in [0.15, 0.2) is 0 Å². The van der Waals surface area contributed by atoms with Crippen LogP contribution in [0.4, 0.5) is 0 Å². The van der Waals surface area contributed by atoms with E-state index in [-0.39, 0.29) is 0 Å². The lowest BCUT2D eigenvalue weighted by Crippen LogP contribution is -2.36. The molecule has 0 saturated heterocycles. The molecule has 0 spiro atoms. The van der Waals surface area contributed by atoms with Crippen molar-refractivity contribution < 1.29 is 10.6 Å². The Labute approximate surface area is 80.8 Å². The molecular weight excluding hydrogens is 340 g/mol. The molecule has 0 aromatic heterocycles. The molecule has 3 nitrogen and oxygen atoms in total. The fourth-order valence-corrected chi connectivity index (χ4v) is 5.44. The van der Waals surface area contributed by atoms with Gasteiger partial charge in [-0.1, -0.05) is 6.92 Å². The lowest BCUT2D eigenvalue weighted by molar-refractivity contribution is 0.354. The van der Waals surface area contributed by atoms with E-state index in [4.69, 9.17) is 10.6 Å². The minimum atomic E-state index is -2.44. The third kappa shape index (κ3) is 2.96. The lowest BCUT2D eigenvalue weighted by atomic mass is 11.0. The molecule has 0 N–H and O–H groups in total.